The Morgan fingerprint density at radius 2 is 2.32 bits per heavy atom. The fraction of sp³-hybridized carbons (Fsp3) is 0.429. The molecule has 0 unspecified atom stereocenters. The van der Waals surface area contributed by atoms with E-state index in [9.17, 15) is 4.79 Å². The second-order valence-corrected chi connectivity index (χ2v) is 5.66. The van der Waals surface area contributed by atoms with Crippen LogP contribution >= 0.6 is 11.6 Å². The normalized spacial score (nSPS) is 20.2. The van der Waals surface area contributed by atoms with Crippen molar-refractivity contribution in [1.29, 1.82) is 0 Å². The SMILES string of the molecule is CN1CC[C@H](Cn2cnc3cccc(Cl)c3c2=O)C1. The molecular weight excluding hydrogens is 262 g/mol. The van der Waals surface area contributed by atoms with Gasteiger partial charge in [0, 0.05) is 13.1 Å². The van der Waals surface area contributed by atoms with Gasteiger partial charge in [-0.15, -0.1) is 0 Å². The lowest BCUT2D eigenvalue weighted by Crippen LogP contribution is -2.26. The second kappa shape index (κ2) is 4.94. The van der Waals surface area contributed by atoms with Gasteiger partial charge in [-0.2, -0.15) is 0 Å². The highest BCUT2D eigenvalue weighted by molar-refractivity contribution is 6.35. The zero-order valence-electron chi connectivity index (χ0n) is 10.8. The molecule has 0 aliphatic carbocycles. The van der Waals surface area contributed by atoms with Crippen LogP contribution < -0.4 is 5.56 Å². The van der Waals surface area contributed by atoms with Gasteiger partial charge in [0.1, 0.15) is 0 Å². The number of hydrogen-bond donors (Lipinski definition) is 0. The molecule has 1 saturated heterocycles. The zero-order chi connectivity index (χ0) is 13.4. The Morgan fingerprint density at radius 1 is 1.47 bits per heavy atom. The van der Waals surface area contributed by atoms with Crippen molar-refractivity contribution in [2.75, 3.05) is 20.1 Å². The lowest BCUT2D eigenvalue weighted by Gasteiger charge is -2.13. The summed E-state index contributed by atoms with van der Waals surface area (Å²) in [4.78, 5) is 19.1. The molecule has 1 fully saturated rings. The highest BCUT2D eigenvalue weighted by Gasteiger charge is 2.20. The lowest BCUT2D eigenvalue weighted by molar-refractivity contribution is 0.375. The van der Waals surface area contributed by atoms with E-state index >= 15 is 0 Å². The molecule has 100 valence electrons. The van der Waals surface area contributed by atoms with E-state index in [0.29, 0.717) is 21.8 Å². The topological polar surface area (TPSA) is 38.1 Å². The maximum absolute atomic E-state index is 12.4. The van der Waals surface area contributed by atoms with E-state index in [1.165, 1.54) is 0 Å². The van der Waals surface area contributed by atoms with Crippen LogP contribution in [-0.4, -0.2) is 34.6 Å². The van der Waals surface area contributed by atoms with Gasteiger partial charge in [-0.3, -0.25) is 9.36 Å². The average Bonchev–Trinajstić information content (AvgIpc) is 2.78. The van der Waals surface area contributed by atoms with Crippen molar-refractivity contribution in [1.82, 2.24) is 14.5 Å². The van der Waals surface area contributed by atoms with Crippen LogP contribution in [-0.2, 0) is 6.54 Å². The average molecular weight is 278 g/mol. The van der Waals surface area contributed by atoms with Gasteiger partial charge in [0.25, 0.3) is 5.56 Å². The minimum Gasteiger partial charge on any atom is -0.306 e. The third-order valence-electron chi connectivity index (χ3n) is 3.75. The highest BCUT2D eigenvalue weighted by atomic mass is 35.5. The van der Waals surface area contributed by atoms with E-state index in [0.717, 1.165) is 26.1 Å². The largest absolute Gasteiger partial charge is 0.306 e. The van der Waals surface area contributed by atoms with Gasteiger partial charge in [-0.05, 0) is 38.1 Å². The smallest absolute Gasteiger partial charge is 0.262 e. The molecule has 1 aliphatic heterocycles. The number of halogens is 1. The van der Waals surface area contributed by atoms with Crippen molar-refractivity contribution in [3.8, 4) is 0 Å². The van der Waals surface area contributed by atoms with Crippen LogP contribution in [0.4, 0.5) is 0 Å². The highest BCUT2D eigenvalue weighted by Crippen LogP contribution is 2.19. The summed E-state index contributed by atoms with van der Waals surface area (Å²) >= 11 is 6.11. The minimum absolute atomic E-state index is 0.0369. The van der Waals surface area contributed by atoms with Crippen LogP contribution in [0.1, 0.15) is 6.42 Å². The first-order valence-corrected chi connectivity index (χ1v) is 6.85. The Morgan fingerprint density at radius 3 is 3.05 bits per heavy atom. The Balaban J connectivity index is 1.99. The molecule has 19 heavy (non-hydrogen) atoms. The number of nitrogens with zero attached hydrogens (tertiary/aromatic N) is 3. The van der Waals surface area contributed by atoms with Gasteiger partial charge in [0.15, 0.2) is 0 Å². The molecule has 0 radical (unpaired) electrons. The molecule has 2 heterocycles. The van der Waals surface area contributed by atoms with Crippen molar-refractivity contribution >= 4 is 22.5 Å². The molecule has 0 N–H and O–H groups in total. The van der Waals surface area contributed by atoms with Gasteiger partial charge in [0.2, 0.25) is 0 Å². The Hall–Kier alpha value is -1.39. The van der Waals surface area contributed by atoms with Crippen LogP contribution in [0, 0.1) is 5.92 Å². The van der Waals surface area contributed by atoms with Gasteiger partial charge >= 0.3 is 0 Å². The summed E-state index contributed by atoms with van der Waals surface area (Å²) in [6, 6.07) is 5.37. The molecule has 0 bridgehead atoms. The van der Waals surface area contributed by atoms with E-state index in [1.54, 1.807) is 17.0 Å². The molecule has 0 amide bonds. The lowest BCUT2D eigenvalue weighted by atomic mass is 10.1. The van der Waals surface area contributed by atoms with Crippen LogP contribution in [0.2, 0.25) is 5.02 Å². The molecule has 1 aromatic heterocycles. The summed E-state index contributed by atoms with van der Waals surface area (Å²) in [6.45, 7) is 2.85. The zero-order valence-corrected chi connectivity index (χ0v) is 11.6. The summed E-state index contributed by atoms with van der Waals surface area (Å²) in [5, 5.41) is 1.01. The number of fused-ring (bicyclic) bond motifs is 1. The monoisotopic (exact) mass is 277 g/mol. The number of rotatable bonds is 2. The van der Waals surface area contributed by atoms with Crippen LogP contribution in [0.3, 0.4) is 0 Å². The first kappa shape index (κ1) is 12.6. The minimum atomic E-state index is -0.0369. The third-order valence-corrected chi connectivity index (χ3v) is 4.06. The summed E-state index contributed by atoms with van der Waals surface area (Å²) in [5.41, 5.74) is 0.627. The van der Waals surface area contributed by atoms with Crippen LogP contribution in [0.15, 0.2) is 29.3 Å². The van der Waals surface area contributed by atoms with Crippen LogP contribution in [0.25, 0.3) is 10.9 Å². The maximum atomic E-state index is 12.4. The number of benzene rings is 1. The molecule has 0 saturated carbocycles. The molecule has 1 atom stereocenters. The van der Waals surface area contributed by atoms with Gasteiger partial charge in [-0.25, -0.2) is 4.98 Å². The van der Waals surface area contributed by atoms with E-state index < -0.39 is 0 Å². The first-order valence-electron chi connectivity index (χ1n) is 6.47. The molecule has 3 rings (SSSR count). The van der Waals surface area contributed by atoms with E-state index in [-0.39, 0.29) is 5.56 Å². The predicted molar refractivity (Wildman–Crippen MR) is 76.6 cm³/mol. The van der Waals surface area contributed by atoms with E-state index in [4.69, 9.17) is 11.6 Å². The molecule has 5 heteroatoms. The van der Waals surface area contributed by atoms with Crippen molar-refractivity contribution in [2.24, 2.45) is 5.92 Å². The van der Waals surface area contributed by atoms with Crippen molar-refractivity contribution < 1.29 is 0 Å². The van der Waals surface area contributed by atoms with Crippen molar-refractivity contribution in [2.45, 2.75) is 13.0 Å². The molecule has 2 aromatic rings. The number of aromatic nitrogens is 2. The standard InChI is InChI=1S/C14H16ClN3O/c1-17-6-5-10(7-17)8-18-9-16-12-4-2-3-11(15)13(12)14(18)19/h2-4,9-10H,5-8H2,1H3/t10-/m0/s1. The first-order chi connectivity index (χ1) is 9.15. The second-order valence-electron chi connectivity index (χ2n) is 5.25. The fourth-order valence-corrected chi connectivity index (χ4v) is 2.99. The van der Waals surface area contributed by atoms with Crippen molar-refractivity contribution in [3.05, 3.63) is 39.9 Å². The molecule has 0 spiro atoms. The van der Waals surface area contributed by atoms with Gasteiger partial charge in [0.05, 0.1) is 22.3 Å². The Kier molecular flexibility index (Phi) is 3.29. The quantitative estimate of drug-likeness (QED) is 0.843. The predicted octanol–water partition coefficient (Wildman–Crippen LogP) is 2.00. The van der Waals surface area contributed by atoms with Crippen LogP contribution in [0.5, 0.6) is 0 Å². The third kappa shape index (κ3) is 2.38. The summed E-state index contributed by atoms with van der Waals surface area (Å²) in [5.74, 6) is 0.518. The number of hydrogen-bond acceptors (Lipinski definition) is 3. The number of likely N-dealkylation sites (tertiary alicyclic amines) is 1. The van der Waals surface area contributed by atoms with Crippen molar-refractivity contribution in [3.63, 3.8) is 0 Å². The Labute approximate surface area is 116 Å². The molecular formula is C14H16ClN3O. The summed E-state index contributed by atoms with van der Waals surface area (Å²) < 4.78 is 1.69. The Bertz CT molecular complexity index is 667. The molecule has 4 nitrogen and oxygen atoms in total. The van der Waals surface area contributed by atoms with E-state index in [2.05, 4.69) is 16.9 Å². The molecule has 1 aromatic carbocycles. The maximum Gasteiger partial charge on any atom is 0.262 e. The van der Waals surface area contributed by atoms with Gasteiger partial charge < -0.3 is 4.90 Å². The summed E-state index contributed by atoms with van der Waals surface area (Å²) in [6.07, 6.45) is 2.77. The van der Waals surface area contributed by atoms with Gasteiger partial charge in [-0.1, -0.05) is 17.7 Å². The van der Waals surface area contributed by atoms with E-state index in [1.807, 2.05) is 12.1 Å². The molecule has 1 aliphatic rings. The summed E-state index contributed by atoms with van der Waals surface area (Å²) in [7, 11) is 2.11. The fourth-order valence-electron chi connectivity index (χ4n) is 2.74.